The van der Waals surface area contributed by atoms with Crippen LogP contribution < -0.4 is 11.0 Å². The van der Waals surface area contributed by atoms with E-state index in [2.05, 4.69) is 10.2 Å². The summed E-state index contributed by atoms with van der Waals surface area (Å²) >= 11 is 18.9. The summed E-state index contributed by atoms with van der Waals surface area (Å²) in [6.07, 6.45) is 1.56. The number of nitrogens with one attached hydrogen (secondary N) is 1. The van der Waals surface area contributed by atoms with E-state index in [4.69, 9.17) is 34.8 Å². The molecule has 1 N–H and O–H groups in total. The Balaban J connectivity index is 1.36. The molecule has 0 atom stereocenters. The summed E-state index contributed by atoms with van der Waals surface area (Å²) in [4.78, 5) is 29.7. The predicted molar refractivity (Wildman–Crippen MR) is 141 cm³/mol. The van der Waals surface area contributed by atoms with Gasteiger partial charge in [-0.3, -0.25) is 23.7 Å². The molecule has 2 fully saturated rings. The third kappa shape index (κ3) is 5.29. The number of hydrogen-bond donors (Lipinski definition) is 1. The van der Waals surface area contributed by atoms with Gasteiger partial charge in [-0.1, -0.05) is 40.9 Å². The van der Waals surface area contributed by atoms with Gasteiger partial charge in [0.05, 0.1) is 27.6 Å². The highest BCUT2D eigenvalue weighted by molar-refractivity contribution is 6.42. The summed E-state index contributed by atoms with van der Waals surface area (Å²) in [5.74, 6) is -0.347. The van der Waals surface area contributed by atoms with Crippen LogP contribution in [0.25, 0.3) is 11.0 Å². The van der Waals surface area contributed by atoms with E-state index in [9.17, 15) is 14.0 Å². The normalized spacial score (nSPS) is 18.2. The number of aromatic nitrogens is 2. The molecular formula is C25H27Cl3FN5O2. The fraction of sp³-hybridized carbons (Fsp3) is 0.440. The van der Waals surface area contributed by atoms with Crippen LogP contribution in [-0.4, -0.2) is 64.1 Å². The van der Waals surface area contributed by atoms with Crippen LogP contribution in [-0.2, 0) is 17.9 Å². The predicted octanol–water partition coefficient (Wildman–Crippen LogP) is 4.17. The number of carbonyl (C=O) groups is 1. The highest BCUT2D eigenvalue weighted by atomic mass is 35.5. The zero-order valence-corrected chi connectivity index (χ0v) is 21.9. The SMILES string of the molecule is O=C1CN(CCn2c(=O)n(C3CCN(Cc4ccc(F)cc4Cl)CC3)c3cc(Cl)c(Cl)cc32)CCN1. The smallest absolute Gasteiger partial charge is 0.329 e. The Kier molecular flexibility index (Phi) is 7.60. The first-order valence-electron chi connectivity index (χ1n) is 12.1. The van der Waals surface area contributed by atoms with E-state index in [1.54, 1.807) is 22.8 Å². The van der Waals surface area contributed by atoms with Gasteiger partial charge in [0, 0.05) is 56.9 Å². The molecule has 2 aliphatic heterocycles. The Morgan fingerprint density at radius 1 is 0.889 bits per heavy atom. The molecule has 2 saturated heterocycles. The fourth-order valence-corrected chi connectivity index (χ4v) is 5.73. The summed E-state index contributed by atoms with van der Waals surface area (Å²) < 4.78 is 17.0. The number of piperidine rings is 1. The summed E-state index contributed by atoms with van der Waals surface area (Å²) in [6, 6.07) is 8.03. The second-order valence-electron chi connectivity index (χ2n) is 9.43. The standard InChI is InChI=1S/C25H27Cl3FN5O2/c26-19-11-17(29)2-1-16(19)14-31-6-3-18(4-7-31)34-23-13-21(28)20(27)12-22(23)33(25(34)36)10-9-32-8-5-30-24(35)15-32/h1-2,11-13,18H,3-10,14-15H2,(H,30,35). The first-order chi connectivity index (χ1) is 17.3. The van der Waals surface area contributed by atoms with Gasteiger partial charge in [0.15, 0.2) is 0 Å². The molecule has 2 aliphatic rings. The Morgan fingerprint density at radius 3 is 2.31 bits per heavy atom. The number of amides is 1. The van der Waals surface area contributed by atoms with Gasteiger partial charge in [-0.15, -0.1) is 0 Å². The number of nitrogens with zero attached hydrogens (tertiary/aromatic N) is 4. The molecule has 192 valence electrons. The topological polar surface area (TPSA) is 62.5 Å². The number of piperazine rings is 1. The Hall–Kier alpha value is -2.10. The third-order valence-corrected chi connectivity index (χ3v) is 8.17. The van der Waals surface area contributed by atoms with E-state index in [1.165, 1.54) is 12.1 Å². The maximum Gasteiger partial charge on any atom is 0.329 e. The maximum absolute atomic E-state index is 13.7. The third-order valence-electron chi connectivity index (χ3n) is 7.09. The number of likely N-dealkylation sites (tertiary alicyclic amines) is 1. The van der Waals surface area contributed by atoms with Crippen LogP contribution >= 0.6 is 34.8 Å². The molecule has 2 aromatic carbocycles. The van der Waals surface area contributed by atoms with Gasteiger partial charge in [0.1, 0.15) is 5.82 Å². The lowest BCUT2D eigenvalue weighted by Gasteiger charge is -2.32. The first kappa shape index (κ1) is 25.5. The number of rotatable bonds is 6. The van der Waals surface area contributed by atoms with Crippen molar-refractivity contribution < 1.29 is 9.18 Å². The van der Waals surface area contributed by atoms with Crippen LogP contribution in [0.1, 0.15) is 24.4 Å². The monoisotopic (exact) mass is 553 g/mol. The highest BCUT2D eigenvalue weighted by Gasteiger charge is 2.27. The zero-order chi connectivity index (χ0) is 25.4. The Labute approximate surface area is 223 Å². The lowest BCUT2D eigenvalue weighted by atomic mass is 10.0. The molecular weight excluding hydrogens is 528 g/mol. The van der Waals surface area contributed by atoms with Crippen LogP contribution in [0, 0.1) is 5.82 Å². The molecule has 36 heavy (non-hydrogen) atoms. The number of benzene rings is 2. The number of fused-ring (bicyclic) bond motifs is 1. The lowest BCUT2D eigenvalue weighted by Crippen LogP contribution is -2.48. The van der Waals surface area contributed by atoms with Gasteiger partial charge >= 0.3 is 5.69 Å². The Bertz CT molecular complexity index is 1350. The van der Waals surface area contributed by atoms with Crippen molar-refractivity contribution in [1.29, 1.82) is 0 Å². The molecule has 5 rings (SSSR count). The maximum atomic E-state index is 13.7. The van der Waals surface area contributed by atoms with E-state index >= 15 is 0 Å². The molecule has 3 aromatic rings. The fourth-order valence-electron chi connectivity index (χ4n) is 5.19. The molecule has 11 heteroatoms. The average molecular weight is 555 g/mol. The molecule has 1 aromatic heterocycles. The van der Waals surface area contributed by atoms with Crippen molar-refractivity contribution in [3.63, 3.8) is 0 Å². The second-order valence-corrected chi connectivity index (χ2v) is 10.7. The summed E-state index contributed by atoms with van der Waals surface area (Å²) in [7, 11) is 0. The second kappa shape index (κ2) is 10.7. The molecule has 1 amide bonds. The van der Waals surface area contributed by atoms with Crippen molar-refractivity contribution in [1.82, 2.24) is 24.3 Å². The number of halogens is 4. The van der Waals surface area contributed by atoms with Crippen LogP contribution in [0.3, 0.4) is 0 Å². The largest absolute Gasteiger partial charge is 0.354 e. The number of imidazole rings is 1. The van der Waals surface area contributed by atoms with Gasteiger partial charge in [0.25, 0.3) is 0 Å². The van der Waals surface area contributed by atoms with Crippen molar-refractivity contribution in [2.45, 2.75) is 32.0 Å². The first-order valence-corrected chi connectivity index (χ1v) is 13.2. The summed E-state index contributed by atoms with van der Waals surface area (Å²) in [5.41, 5.74) is 2.31. The molecule has 0 bridgehead atoms. The van der Waals surface area contributed by atoms with Gasteiger partial charge < -0.3 is 5.32 Å². The van der Waals surface area contributed by atoms with Crippen LogP contribution in [0.15, 0.2) is 35.1 Å². The van der Waals surface area contributed by atoms with Gasteiger partial charge in [-0.25, -0.2) is 9.18 Å². The van der Waals surface area contributed by atoms with Gasteiger partial charge in [-0.2, -0.15) is 0 Å². The zero-order valence-electron chi connectivity index (χ0n) is 19.7. The van der Waals surface area contributed by atoms with Crippen LogP contribution in [0.4, 0.5) is 4.39 Å². The average Bonchev–Trinajstić information content (AvgIpc) is 3.10. The van der Waals surface area contributed by atoms with E-state index in [-0.39, 0.29) is 23.5 Å². The van der Waals surface area contributed by atoms with E-state index in [0.29, 0.717) is 47.8 Å². The lowest BCUT2D eigenvalue weighted by molar-refractivity contribution is -0.124. The summed E-state index contributed by atoms with van der Waals surface area (Å²) in [5, 5.41) is 4.06. The molecule has 0 saturated carbocycles. The van der Waals surface area contributed by atoms with Crippen molar-refractivity contribution in [3.05, 3.63) is 67.3 Å². The van der Waals surface area contributed by atoms with E-state index < -0.39 is 0 Å². The van der Waals surface area contributed by atoms with Crippen LogP contribution in [0.5, 0.6) is 0 Å². The number of carbonyl (C=O) groups excluding carboxylic acids is 1. The summed E-state index contributed by atoms with van der Waals surface area (Å²) in [6.45, 7) is 4.92. The minimum atomic E-state index is -0.347. The van der Waals surface area contributed by atoms with Gasteiger partial charge in [0.2, 0.25) is 5.91 Å². The van der Waals surface area contributed by atoms with Crippen LogP contribution in [0.2, 0.25) is 15.1 Å². The minimum Gasteiger partial charge on any atom is -0.354 e. The molecule has 0 spiro atoms. The van der Waals surface area contributed by atoms with Crippen molar-refractivity contribution in [3.8, 4) is 0 Å². The molecule has 0 aliphatic carbocycles. The van der Waals surface area contributed by atoms with Crippen molar-refractivity contribution in [2.24, 2.45) is 0 Å². The number of hydrogen-bond acceptors (Lipinski definition) is 4. The highest BCUT2D eigenvalue weighted by Crippen LogP contribution is 2.32. The van der Waals surface area contributed by atoms with Gasteiger partial charge in [-0.05, 0) is 42.7 Å². The molecule has 0 radical (unpaired) electrons. The Morgan fingerprint density at radius 2 is 1.61 bits per heavy atom. The molecule has 7 nitrogen and oxygen atoms in total. The molecule has 0 unspecified atom stereocenters. The van der Waals surface area contributed by atoms with Crippen molar-refractivity contribution in [2.75, 3.05) is 39.3 Å². The van der Waals surface area contributed by atoms with E-state index in [1.807, 2.05) is 9.47 Å². The minimum absolute atomic E-state index is 0.000430. The van der Waals surface area contributed by atoms with Crippen molar-refractivity contribution >= 4 is 51.7 Å². The van der Waals surface area contributed by atoms with E-state index in [0.717, 1.165) is 49.1 Å². The molecule has 3 heterocycles. The quantitative estimate of drug-likeness (QED) is 0.497.